The zero-order chi connectivity index (χ0) is 13.8. The third-order valence-electron chi connectivity index (χ3n) is 3.24. The lowest BCUT2D eigenvalue weighted by Gasteiger charge is -2.23. The van der Waals surface area contributed by atoms with Crippen LogP contribution in [-0.2, 0) is 0 Å². The van der Waals surface area contributed by atoms with Crippen LogP contribution < -0.4 is 5.32 Å². The van der Waals surface area contributed by atoms with Gasteiger partial charge in [0.2, 0.25) is 5.01 Å². The average molecular weight is 283 g/mol. The molecule has 1 aliphatic heterocycles. The first kappa shape index (κ1) is 14.0. The van der Waals surface area contributed by atoms with Crippen molar-refractivity contribution in [3.8, 4) is 0 Å². The fourth-order valence-corrected chi connectivity index (χ4v) is 2.75. The summed E-state index contributed by atoms with van der Waals surface area (Å²) in [5.41, 5.74) is 0.177. The van der Waals surface area contributed by atoms with Gasteiger partial charge >= 0.3 is 5.97 Å². The van der Waals surface area contributed by atoms with Gasteiger partial charge in [0, 0.05) is 18.0 Å². The molecule has 1 amide bonds. The van der Waals surface area contributed by atoms with Crippen molar-refractivity contribution >= 4 is 23.2 Å². The molecule has 0 spiro atoms. The van der Waals surface area contributed by atoms with Crippen molar-refractivity contribution in [3.05, 3.63) is 16.1 Å². The van der Waals surface area contributed by atoms with E-state index in [9.17, 15) is 9.59 Å². The predicted molar refractivity (Wildman–Crippen MR) is 71.7 cm³/mol. The number of carboxylic acid groups (broad SMARTS) is 1. The molecular weight excluding hydrogens is 266 g/mol. The van der Waals surface area contributed by atoms with Gasteiger partial charge in [-0.15, -0.1) is 11.3 Å². The van der Waals surface area contributed by atoms with Gasteiger partial charge < -0.3 is 10.4 Å². The van der Waals surface area contributed by atoms with Gasteiger partial charge in [0.25, 0.3) is 5.91 Å². The van der Waals surface area contributed by atoms with Gasteiger partial charge in [0.05, 0.1) is 0 Å². The second-order valence-electron chi connectivity index (χ2n) is 4.65. The number of carbonyl (C=O) groups excluding carboxylic acids is 1. The molecule has 0 bridgehead atoms. The molecule has 1 atom stereocenters. The minimum absolute atomic E-state index is 0.0576. The molecule has 0 aromatic carbocycles. The SMILES string of the molecule is CC(CNC(=O)c1csc(C(=O)O)n1)N1CCCC1. The highest BCUT2D eigenvalue weighted by Crippen LogP contribution is 2.12. The highest BCUT2D eigenvalue weighted by molar-refractivity contribution is 7.11. The fraction of sp³-hybridized carbons (Fsp3) is 0.583. The molecule has 0 aliphatic carbocycles. The van der Waals surface area contributed by atoms with Crippen molar-refractivity contribution in [1.29, 1.82) is 0 Å². The lowest BCUT2D eigenvalue weighted by Crippen LogP contribution is -2.40. The van der Waals surface area contributed by atoms with Crippen LogP contribution in [0.15, 0.2) is 5.38 Å². The number of likely N-dealkylation sites (tertiary alicyclic amines) is 1. The Morgan fingerprint density at radius 1 is 1.53 bits per heavy atom. The summed E-state index contributed by atoms with van der Waals surface area (Å²) in [5.74, 6) is -1.41. The van der Waals surface area contributed by atoms with Gasteiger partial charge in [-0.1, -0.05) is 0 Å². The van der Waals surface area contributed by atoms with E-state index in [4.69, 9.17) is 5.11 Å². The molecule has 19 heavy (non-hydrogen) atoms. The molecule has 0 saturated carbocycles. The number of amides is 1. The zero-order valence-electron chi connectivity index (χ0n) is 10.8. The van der Waals surface area contributed by atoms with Gasteiger partial charge in [0.15, 0.2) is 0 Å². The van der Waals surface area contributed by atoms with Crippen LogP contribution in [0.1, 0.15) is 40.1 Å². The summed E-state index contributed by atoms with van der Waals surface area (Å²) in [6.45, 7) is 4.79. The van der Waals surface area contributed by atoms with Crippen LogP contribution in [0.3, 0.4) is 0 Å². The Morgan fingerprint density at radius 2 is 2.21 bits per heavy atom. The van der Waals surface area contributed by atoms with E-state index in [2.05, 4.69) is 22.1 Å². The Morgan fingerprint density at radius 3 is 2.79 bits per heavy atom. The number of rotatable bonds is 5. The largest absolute Gasteiger partial charge is 0.476 e. The van der Waals surface area contributed by atoms with Gasteiger partial charge in [-0.25, -0.2) is 9.78 Å². The minimum Gasteiger partial charge on any atom is -0.476 e. The maximum Gasteiger partial charge on any atom is 0.365 e. The van der Waals surface area contributed by atoms with Crippen molar-refractivity contribution in [2.75, 3.05) is 19.6 Å². The van der Waals surface area contributed by atoms with E-state index in [0.717, 1.165) is 24.4 Å². The Kier molecular flexibility index (Phi) is 4.49. The molecule has 0 radical (unpaired) electrons. The van der Waals surface area contributed by atoms with Crippen molar-refractivity contribution in [2.24, 2.45) is 0 Å². The number of carboxylic acids is 1. The number of thiazole rings is 1. The molecule has 2 N–H and O–H groups in total. The topological polar surface area (TPSA) is 82.5 Å². The Hall–Kier alpha value is -1.47. The van der Waals surface area contributed by atoms with E-state index in [1.807, 2.05) is 0 Å². The normalized spacial score (nSPS) is 17.3. The van der Waals surface area contributed by atoms with Crippen LogP contribution in [0, 0.1) is 0 Å². The molecule has 7 heteroatoms. The smallest absolute Gasteiger partial charge is 0.365 e. The van der Waals surface area contributed by atoms with Crippen LogP contribution in [-0.4, -0.2) is 52.5 Å². The quantitative estimate of drug-likeness (QED) is 0.844. The number of hydrogen-bond donors (Lipinski definition) is 2. The van der Waals surface area contributed by atoms with E-state index in [0.29, 0.717) is 12.6 Å². The molecule has 6 nitrogen and oxygen atoms in total. The van der Waals surface area contributed by atoms with Crippen molar-refractivity contribution in [3.63, 3.8) is 0 Å². The molecule has 104 valence electrons. The summed E-state index contributed by atoms with van der Waals surface area (Å²) in [4.78, 5) is 28.6. The molecule has 1 saturated heterocycles. The predicted octanol–water partition coefficient (Wildman–Crippen LogP) is 1.06. The molecule has 1 aliphatic rings. The molecule has 1 aromatic heterocycles. The van der Waals surface area contributed by atoms with Gasteiger partial charge in [-0.3, -0.25) is 9.69 Å². The van der Waals surface area contributed by atoms with E-state index >= 15 is 0 Å². The Bertz CT molecular complexity index is 469. The van der Waals surface area contributed by atoms with Crippen LogP contribution >= 0.6 is 11.3 Å². The number of nitrogens with one attached hydrogen (secondary N) is 1. The Labute approximate surface area is 115 Å². The van der Waals surface area contributed by atoms with Gasteiger partial charge in [-0.05, 0) is 32.9 Å². The van der Waals surface area contributed by atoms with Crippen LogP contribution in [0.25, 0.3) is 0 Å². The molecule has 2 rings (SSSR count). The first-order valence-corrected chi connectivity index (χ1v) is 7.17. The van der Waals surface area contributed by atoms with Crippen LogP contribution in [0.2, 0.25) is 0 Å². The first-order valence-electron chi connectivity index (χ1n) is 6.29. The number of aromatic carboxylic acids is 1. The third-order valence-corrected chi connectivity index (χ3v) is 4.07. The van der Waals surface area contributed by atoms with E-state index in [-0.39, 0.29) is 16.6 Å². The number of nitrogens with zero attached hydrogens (tertiary/aromatic N) is 2. The standard InChI is InChI=1S/C12H17N3O3S/c1-8(15-4-2-3-5-15)6-13-10(16)9-7-19-11(14-9)12(17)18/h7-8H,2-6H2,1H3,(H,13,16)(H,17,18). The number of hydrogen-bond acceptors (Lipinski definition) is 5. The highest BCUT2D eigenvalue weighted by atomic mass is 32.1. The maximum absolute atomic E-state index is 11.8. The monoisotopic (exact) mass is 283 g/mol. The molecule has 1 aromatic rings. The molecular formula is C12H17N3O3S. The maximum atomic E-state index is 11.8. The van der Waals surface area contributed by atoms with Gasteiger partial charge in [-0.2, -0.15) is 0 Å². The minimum atomic E-state index is -1.10. The number of aromatic nitrogens is 1. The first-order chi connectivity index (χ1) is 9.08. The Balaban J connectivity index is 1.84. The van der Waals surface area contributed by atoms with Crippen LogP contribution in [0.5, 0.6) is 0 Å². The van der Waals surface area contributed by atoms with Gasteiger partial charge in [0.1, 0.15) is 5.69 Å². The van der Waals surface area contributed by atoms with Crippen molar-refractivity contribution in [2.45, 2.75) is 25.8 Å². The molecule has 2 heterocycles. The molecule has 1 fully saturated rings. The van der Waals surface area contributed by atoms with Crippen molar-refractivity contribution < 1.29 is 14.7 Å². The summed E-state index contributed by atoms with van der Waals surface area (Å²) >= 11 is 0.964. The van der Waals surface area contributed by atoms with E-state index < -0.39 is 5.97 Å². The van der Waals surface area contributed by atoms with Crippen LogP contribution in [0.4, 0.5) is 0 Å². The lowest BCUT2D eigenvalue weighted by atomic mass is 10.3. The second-order valence-corrected chi connectivity index (χ2v) is 5.50. The van der Waals surface area contributed by atoms with E-state index in [1.165, 1.54) is 18.2 Å². The summed E-state index contributed by atoms with van der Waals surface area (Å²) in [6.07, 6.45) is 2.43. The van der Waals surface area contributed by atoms with Crippen molar-refractivity contribution in [1.82, 2.24) is 15.2 Å². The number of carbonyl (C=O) groups is 2. The summed E-state index contributed by atoms with van der Waals surface area (Å²) in [6, 6.07) is 0.295. The average Bonchev–Trinajstić information content (AvgIpc) is 3.05. The molecule has 1 unspecified atom stereocenters. The lowest BCUT2D eigenvalue weighted by molar-refractivity contribution is 0.0696. The summed E-state index contributed by atoms with van der Waals surface area (Å²) in [5, 5.41) is 13.0. The summed E-state index contributed by atoms with van der Waals surface area (Å²) < 4.78 is 0. The van der Waals surface area contributed by atoms with E-state index in [1.54, 1.807) is 0 Å². The third kappa shape index (κ3) is 3.51. The highest BCUT2D eigenvalue weighted by Gasteiger charge is 2.19. The zero-order valence-corrected chi connectivity index (χ0v) is 11.6. The fourth-order valence-electron chi connectivity index (χ4n) is 2.12. The summed E-state index contributed by atoms with van der Waals surface area (Å²) in [7, 11) is 0. The second kappa shape index (κ2) is 6.12.